The Hall–Kier alpha value is -4.68. The summed E-state index contributed by atoms with van der Waals surface area (Å²) < 4.78 is 0. The summed E-state index contributed by atoms with van der Waals surface area (Å²) in [6, 6.07) is 37.4. The first-order chi connectivity index (χ1) is 22.0. The number of carbonyl (C=O) groups excluding carboxylic acids is 2. The zero-order valence-electron chi connectivity index (χ0n) is 24.8. The van der Waals surface area contributed by atoms with Crippen LogP contribution in [0.15, 0.2) is 114 Å². The standard InChI is InChI=1S/C37H32N4O2S2/c1-25-11-8-9-18-30(25)35(42)39-28-16-10-17-29(21-28)44-34(27-14-6-3-7-15-27)36(43)40-37-32(22-38)31-19-20-41(24-33(31)45-37)23-26-12-4-2-5-13-26/h2-18,21,34H,19-20,23-24H2,1H3,(H,39,42)(H,40,43). The number of benzene rings is 4. The molecule has 2 N–H and O–H groups in total. The fourth-order valence-corrected chi connectivity index (χ4v) is 7.85. The van der Waals surface area contributed by atoms with Crippen molar-refractivity contribution in [1.82, 2.24) is 4.90 Å². The summed E-state index contributed by atoms with van der Waals surface area (Å²) in [6.45, 7) is 4.36. The smallest absolute Gasteiger partial charge is 0.255 e. The van der Waals surface area contributed by atoms with Crippen molar-refractivity contribution in [2.75, 3.05) is 17.2 Å². The van der Waals surface area contributed by atoms with E-state index in [1.165, 1.54) is 28.7 Å². The number of carbonyl (C=O) groups is 2. The molecule has 0 bridgehead atoms. The highest BCUT2D eigenvalue weighted by Gasteiger charge is 2.28. The third-order valence-corrected chi connectivity index (χ3v) is 10.2. The fourth-order valence-electron chi connectivity index (χ4n) is 5.53. The largest absolute Gasteiger partial charge is 0.322 e. The Morgan fingerprint density at radius 1 is 0.933 bits per heavy atom. The average molecular weight is 629 g/mol. The van der Waals surface area contributed by atoms with E-state index in [0.717, 1.165) is 52.5 Å². The van der Waals surface area contributed by atoms with Crippen LogP contribution in [0.1, 0.15) is 48.3 Å². The van der Waals surface area contributed by atoms with Crippen LogP contribution >= 0.6 is 23.1 Å². The Morgan fingerprint density at radius 2 is 1.67 bits per heavy atom. The van der Waals surface area contributed by atoms with E-state index in [1.807, 2.05) is 85.8 Å². The fraction of sp³-hybridized carbons (Fsp3) is 0.162. The summed E-state index contributed by atoms with van der Waals surface area (Å²) in [7, 11) is 0. The predicted molar refractivity (Wildman–Crippen MR) is 183 cm³/mol. The van der Waals surface area contributed by atoms with E-state index in [9.17, 15) is 14.9 Å². The van der Waals surface area contributed by atoms with Gasteiger partial charge in [-0.2, -0.15) is 5.26 Å². The molecule has 4 aromatic carbocycles. The second-order valence-corrected chi connectivity index (χ2v) is 13.2. The number of thiophene rings is 1. The number of amides is 2. The molecule has 5 aromatic rings. The van der Waals surface area contributed by atoms with Crippen molar-refractivity contribution in [3.05, 3.63) is 147 Å². The highest BCUT2D eigenvalue weighted by Crippen LogP contribution is 2.41. The molecule has 6 nitrogen and oxygen atoms in total. The highest BCUT2D eigenvalue weighted by molar-refractivity contribution is 8.00. The molecule has 224 valence electrons. The third kappa shape index (κ3) is 7.18. The molecule has 1 aromatic heterocycles. The lowest BCUT2D eigenvalue weighted by atomic mass is 10.0. The molecule has 0 saturated heterocycles. The van der Waals surface area contributed by atoms with Crippen LogP contribution in [0.3, 0.4) is 0 Å². The van der Waals surface area contributed by atoms with E-state index in [4.69, 9.17) is 0 Å². The van der Waals surface area contributed by atoms with Gasteiger partial charge in [-0.25, -0.2) is 0 Å². The third-order valence-electron chi connectivity index (χ3n) is 7.81. The number of hydrogen-bond donors (Lipinski definition) is 2. The molecule has 0 fully saturated rings. The Balaban J connectivity index is 1.21. The number of aryl methyl sites for hydroxylation is 1. The summed E-state index contributed by atoms with van der Waals surface area (Å²) >= 11 is 2.91. The number of hydrogen-bond acceptors (Lipinski definition) is 6. The normalized spacial score (nSPS) is 13.3. The van der Waals surface area contributed by atoms with Crippen molar-refractivity contribution in [1.29, 1.82) is 5.26 Å². The van der Waals surface area contributed by atoms with Crippen LogP contribution in [-0.2, 0) is 24.3 Å². The predicted octanol–water partition coefficient (Wildman–Crippen LogP) is 8.21. The number of nitriles is 1. The van der Waals surface area contributed by atoms with Crippen molar-refractivity contribution in [3.8, 4) is 6.07 Å². The molecule has 1 aliphatic heterocycles. The molecule has 1 unspecified atom stereocenters. The van der Waals surface area contributed by atoms with Crippen LogP contribution in [0.5, 0.6) is 0 Å². The van der Waals surface area contributed by atoms with Crippen LogP contribution < -0.4 is 10.6 Å². The average Bonchev–Trinajstić information content (AvgIpc) is 3.40. The lowest BCUT2D eigenvalue weighted by molar-refractivity contribution is -0.115. The van der Waals surface area contributed by atoms with E-state index in [0.29, 0.717) is 21.8 Å². The van der Waals surface area contributed by atoms with Gasteiger partial charge in [0.05, 0.1) is 5.56 Å². The summed E-state index contributed by atoms with van der Waals surface area (Å²) in [5, 5.41) is 16.3. The van der Waals surface area contributed by atoms with Gasteiger partial charge in [0.25, 0.3) is 5.91 Å². The summed E-state index contributed by atoms with van der Waals surface area (Å²) in [5.74, 6) is -0.377. The molecule has 2 heterocycles. The molecular formula is C37H32N4O2S2. The van der Waals surface area contributed by atoms with Crippen LogP contribution in [0.4, 0.5) is 10.7 Å². The molecule has 1 atom stereocenters. The van der Waals surface area contributed by atoms with Gasteiger partial charge in [-0.05, 0) is 59.9 Å². The molecule has 0 aliphatic carbocycles. The van der Waals surface area contributed by atoms with Crippen LogP contribution in [0, 0.1) is 18.3 Å². The zero-order valence-corrected chi connectivity index (χ0v) is 26.5. The van der Waals surface area contributed by atoms with Gasteiger partial charge < -0.3 is 10.6 Å². The number of thioether (sulfide) groups is 1. The maximum absolute atomic E-state index is 14.0. The quantitative estimate of drug-likeness (QED) is 0.161. The maximum Gasteiger partial charge on any atom is 0.255 e. The lowest BCUT2D eigenvalue weighted by Gasteiger charge is -2.26. The monoisotopic (exact) mass is 628 g/mol. The first kappa shape index (κ1) is 30.4. The van der Waals surface area contributed by atoms with E-state index < -0.39 is 5.25 Å². The number of anilines is 2. The Bertz CT molecular complexity index is 1860. The zero-order chi connectivity index (χ0) is 31.2. The van der Waals surface area contributed by atoms with Crippen molar-refractivity contribution < 1.29 is 9.59 Å². The van der Waals surface area contributed by atoms with E-state index in [2.05, 4.69) is 45.9 Å². The van der Waals surface area contributed by atoms with Gasteiger partial charge in [0, 0.05) is 40.7 Å². The van der Waals surface area contributed by atoms with E-state index in [1.54, 1.807) is 6.07 Å². The van der Waals surface area contributed by atoms with Gasteiger partial charge in [0.15, 0.2) is 0 Å². The van der Waals surface area contributed by atoms with Crippen LogP contribution in [-0.4, -0.2) is 23.3 Å². The highest BCUT2D eigenvalue weighted by atomic mass is 32.2. The minimum Gasteiger partial charge on any atom is -0.322 e. The number of nitrogens with one attached hydrogen (secondary N) is 2. The number of fused-ring (bicyclic) bond motifs is 1. The van der Waals surface area contributed by atoms with Gasteiger partial charge >= 0.3 is 0 Å². The van der Waals surface area contributed by atoms with Gasteiger partial charge in [0.2, 0.25) is 5.91 Å². The van der Waals surface area contributed by atoms with Crippen molar-refractivity contribution in [2.45, 2.75) is 36.6 Å². The van der Waals surface area contributed by atoms with Crippen molar-refractivity contribution in [2.24, 2.45) is 0 Å². The minimum absolute atomic E-state index is 0.180. The molecule has 0 saturated carbocycles. The number of rotatable bonds is 9. The molecule has 6 rings (SSSR count). The topological polar surface area (TPSA) is 85.2 Å². The number of nitrogens with zero attached hydrogens (tertiary/aromatic N) is 2. The van der Waals surface area contributed by atoms with Gasteiger partial charge in [-0.15, -0.1) is 23.1 Å². The minimum atomic E-state index is -0.575. The Labute approximate surface area is 271 Å². The molecule has 45 heavy (non-hydrogen) atoms. The van der Waals surface area contributed by atoms with Crippen LogP contribution in [0.2, 0.25) is 0 Å². The summed E-state index contributed by atoms with van der Waals surface area (Å²) in [4.78, 5) is 31.3. The molecule has 8 heteroatoms. The molecular weight excluding hydrogens is 597 g/mol. The summed E-state index contributed by atoms with van der Waals surface area (Å²) in [6.07, 6.45) is 0.773. The Morgan fingerprint density at radius 3 is 2.42 bits per heavy atom. The second-order valence-electron chi connectivity index (χ2n) is 11.0. The van der Waals surface area contributed by atoms with Gasteiger partial charge in [0.1, 0.15) is 16.3 Å². The SMILES string of the molecule is Cc1ccccc1C(=O)Nc1cccc(SC(C(=O)Nc2sc3c(c2C#N)CCN(Cc2ccccc2)C3)c2ccccc2)c1. The van der Waals surface area contributed by atoms with E-state index in [-0.39, 0.29) is 11.8 Å². The van der Waals surface area contributed by atoms with Crippen molar-refractivity contribution in [3.63, 3.8) is 0 Å². The second kappa shape index (κ2) is 14.0. The maximum atomic E-state index is 14.0. The Kier molecular flexibility index (Phi) is 9.41. The summed E-state index contributed by atoms with van der Waals surface area (Å²) in [5.41, 5.74) is 5.89. The van der Waals surface area contributed by atoms with Crippen molar-refractivity contribution >= 4 is 45.6 Å². The first-order valence-corrected chi connectivity index (χ1v) is 16.5. The van der Waals surface area contributed by atoms with Crippen LogP contribution in [0.25, 0.3) is 0 Å². The lowest BCUT2D eigenvalue weighted by Crippen LogP contribution is -2.29. The molecule has 0 spiro atoms. The van der Waals surface area contributed by atoms with E-state index >= 15 is 0 Å². The van der Waals surface area contributed by atoms with Gasteiger partial charge in [-0.1, -0.05) is 84.9 Å². The molecule has 0 radical (unpaired) electrons. The van der Waals surface area contributed by atoms with Gasteiger partial charge in [-0.3, -0.25) is 14.5 Å². The molecule has 2 amide bonds. The first-order valence-electron chi connectivity index (χ1n) is 14.8. The molecule has 1 aliphatic rings.